The largest absolute Gasteiger partial charge is 0.384 e. The van der Waals surface area contributed by atoms with Crippen molar-refractivity contribution in [1.29, 1.82) is 0 Å². The second kappa shape index (κ2) is 8.79. The molecule has 0 unspecified atom stereocenters. The number of rotatable bonds is 5. The molecule has 0 aliphatic carbocycles. The first-order valence-electron chi connectivity index (χ1n) is 11.4. The average Bonchev–Trinajstić information content (AvgIpc) is 2.83. The molecule has 8 heteroatoms. The second-order valence-electron chi connectivity index (χ2n) is 8.97. The van der Waals surface area contributed by atoms with Gasteiger partial charge in [-0.25, -0.2) is 19.9 Å². The third kappa shape index (κ3) is 4.58. The van der Waals surface area contributed by atoms with Gasteiger partial charge in [0.25, 0.3) is 0 Å². The highest BCUT2D eigenvalue weighted by Crippen LogP contribution is 2.34. The topological polar surface area (TPSA) is 100.0 Å². The van der Waals surface area contributed by atoms with Crippen molar-refractivity contribution in [1.82, 2.24) is 24.9 Å². The summed E-state index contributed by atoms with van der Waals surface area (Å²) in [4.78, 5) is 25.0. The number of hydrogen-bond acceptors (Lipinski definition) is 8. The van der Waals surface area contributed by atoms with Crippen LogP contribution in [-0.2, 0) is 12.0 Å². The Hall–Kier alpha value is -3.91. The second-order valence-corrected chi connectivity index (χ2v) is 8.97. The summed E-state index contributed by atoms with van der Waals surface area (Å²) in [5, 5.41) is 13.6. The number of hydrogen-bond donors (Lipinski definition) is 2. The van der Waals surface area contributed by atoms with E-state index in [0.717, 1.165) is 53.5 Å². The van der Waals surface area contributed by atoms with Crippen molar-refractivity contribution in [3.63, 3.8) is 0 Å². The standard InChI is InChI=1S/C26H27N7O/c1-17-6-4-8-21(30-17)24-29-16-18-7-5-13-33(25(18)32-24)20-10-12-28-23(15-20)31-19-9-11-27-22(14-19)26(2,3)34/h4,6,8-12,14-16,34H,5,7,13H2,1-3H3,(H,27,28,31). The van der Waals surface area contributed by atoms with Gasteiger partial charge in [-0.15, -0.1) is 0 Å². The lowest BCUT2D eigenvalue weighted by atomic mass is 10.0. The third-order valence-corrected chi connectivity index (χ3v) is 5.76. The van der Waals surface area contributed by atoms with Crippen LogP contribution in [0.25, 0.3) is 11.5 Å². The predicted octanol–water partition coefficient (Wildman–Crippen LogP) is 4.69. The minimum absolute atomic E-state index is 0.590. The molecule has 1 aliphatic heterocycles. The summed E-state index contributed by atoms with van der Waals surface area (Å²) in [5.41, 5.74) is 4.21. The normalized spacial score (nSPS) is 13.5. The fourth-order valence-corrected chi connectivity index (χ4v) is 4.03. The van der Waals surface area contributed by atoms with Crippen LogP contribution in [0.1, 0.15) is 37.2 Å². The van der Waals surface area contributed by atoms with Gasteiger partial charge in [0.1, 0.15) is 22.9 Å². The van der Waals surface area contributed by atoms with E-state index < -0.39 is 5.60 Å². The quantitative estimate of drug-likeness (QED) is 0.449. The molecule has 8 nitrogen and oxygen atoms in total. The van der Waals surface area contributed by atoms with Crippen LogP contribution in [0, 0.1) is 6.92 Å². The summed E-state index contributed by atoms with van der Waals surface area (Å²) >= 11 is 0. The van der Waals surface area contributed by atoms with E-state index in [1.807, 2.05) is 55.6 Å². The molecule has 0 spiro atoms. The SMILES string of the molecule is Cc1cccc(-c2ncc3c(n2)N(c2ccnc(Nc4ccnc(C(C)(C)O)c4)c2)CCC3)n1. The summed E-state index contributed by atoms with van der Waals surface area (Å²) in [7, 11) is 0. The molecule has 0 saturated heterocycles. The molecular formula is C26H27N7O. The van der Waals surface area contributed by atoms with E-state index in [1.165, 1.54) is 0 Å². The molecule has 0 aromatic carbocycles. The first-order chi connectivity index (χ1) is 16.4. The van der Waals surface area contributed by atoms with Crippen LogP contribution in [0.2, 0.25) is 0 Å². The van der Waals surface area contributed by atoms with Crippen molar-refractivity contribution in [2.24, 2.45) is 0 Å². The van der Waals surface area contributed by atoms with Crippen LogP contribution >= 0.6 is 0 Å². The maximum atomic E-state index is 10.3. The number of aryl methyl sites for hydroxylation is 2. The van der Waals surface area contributed by atoms with E-state index >= 15 is 0 Å². The van der Waals surface area contributed by atoms with Crippen LogP contribution < -0.4 is 10.2 Å². The maximum Gasteiger partial charge on any atom is 0.180 e. The molecule has 1 aliphatic rings. The molecule has 34 heavy (non-hydrogen) atoms. The molecule has 0 amide bonds. The van der Waals surface area contributed by atoms with E-state index in [2.05, 4.69) is 30.2 Å². The van der Waals surface area contributed by atoms with Gasteiger partial charge in [-0.05, 0) is 63.9 Å². The number of nitrogens with one attached hydrogen (secondary N) is 1. The number of aromatic nitrogens is 5. The lowest BCUT2D eigenvalue weighted by Crippen LogP contribution is -2.26. The third-order valence-electron chi connectivity index (χ3n) is 5.76. The summed E-state index contributed by atoms with van der Waals surface area (Å²) in [5.74, 6) is 2.23. The predicted molar refractivity (Wildman–Crippen MR) is 132 cm³/mol. The smallest absolute Gasteiger partial charge is 0.180 e. The van der Waals surface area contributed by atoms with E-state index in [1.54, 1.807) is 26.2 Å². The fourth-order valence-electron chi connectivity index (χ4n) is 4.03. The molecule has 4 aromatic heterocycles. The summed E-state index contributed by atoms with van der Waals surface area (Å²) < 4.78 is 0. The molecule has 0 saturated carbocycles. The Bertz CT molecular complexity index is 1330. The van der Waals surface area contributed by atoms with Crippen LogP contribution in [0.15, 0.2) is 61.1 Å². The van der Waals surface area contributed by atoms with E-state index in [-0.39, 0.29) is 0 Å². The van der Waals surface area contributed by atoms with Crippen molar-refractivity contribution in [3.05, 3.63) is 78.0 Å². The van der Waals surface area contributed by atoms with Gasteiger partial charge < -0.3 is 15.3 Å². The summed E-state index contributed by atoms with van der Waals surface area (Å²) in [6, 6.07) is 13.6. The van der Waals surface area contributed by atoms with Crippen molar-refractivity contribution < 1.29 is 5.11 Å². The minimum atomic E-state index is -1.02. The highest BCUT2D eigenvalue weighted by Gasteiger charge is 2.22. The first-order valence-corrected chi connectivity index (χ1v) is 11.4. The lowest BCUT2D eigenvalue weighted by molar-refractivity contribution is 0.0739. The monoisotopic (exact) mass is 453 g/mol. The zero-order valence-corrected chi connectivity index (χ0v) is 19.5. The van der Waals surface area contributed by atoms with E-state index in [0.29, 0.717) is 17.3 Å². The zero-order valence-electron chi connectivity index (χ0n) is 19.5. The Kier molecular flexibility index (Phi) is 5.67. The lowest BCUT2D eigenvalue weighted by Gasteiger charge is -2.30. The van der Waals surface area contributed by atoms with Gasteiger partial charge in [-0.1, -0.05) is 6.07 Å². The van der Waals surface area contributed by atoms with Crippen LogP contribution in [0.4, 0.5) is 23.0 Å². The number of pyridine rings is 3. The Balaban J connectivity index is 1.46. The van der Waals surface area contributed by atoms with Crippen LogP contribution in [0.3, 0.4) is 0 Å². The van der Waals surface area contributed by atoms with Gasteiger partial charge in [0.15, 0.2) is 5.82 Å². The average molecular weight is 454 g/mol. The van der Waals surface area contributed by atoms with Crippen molar-refractivity contribution >= 4 is 23.0 Å². The van der Waals surface area contributed by atoms with Gasteiger partial charge in [0.2, 0.25) is 0 Å². The number of anilines is 4. The summed E-state index contributed by atoms with van der Waals surface area (Å²) in [6.07, 6.45) is 7.35. The highest BCUT2D eigenvalue weighted by atomic mass is 16.3. The van der Waals surface area contributed by atoms with E-state index in [4.69, 9.17) is 4.98 Å². The van der Waals surface area contributed by atoms with Gasteiger partial charge >= 0.3 is 0 Å². The molecule has 5 rings (SSSR count). The molecular weight excluding hydrogens is 426 g/mol. The zero-order chi connectivity index (χ0) is 23.7. The van der Waals surface area contributed by atoms with Crippen molar-refractivity contribution in [2.45, 2.75) is 39.2 Å². The van der Waals surface area contributed by atoms with Gasteiger partial charge in [-0.3, -0.25) is 4.98 Å². The molecule has 0 atom stereocenters. The Morgan fingerprint density at radius 2 is 1.85 bits per heavy atom. The fraction of sp³-hybridized carbons (Fsp3) is 0.269. The molecule has 4 aromatic rings. The molecule has 2 N–H and O–H groups in total. The van der Waals surface area contributed by atoms with Gasteiger partial charge in [-0.2, -0.15) is 0 Å². The van der Waals surface area contributed by atoms with E-state index in [9.17, 15) is 5.11 Å². The van der Waals surface area contributed by atoms with Crippen LogP contribution in [-0.4, -0.2) is 36.6 Å². The Labute approximate surface area is 198 Å². The summed E-state index contributed by atoms with van der Waals surface area (Å²) in [6.45, 7) is 6.25. The number of aliphatic hydroxyl groups is 1. The molecule has 0 fully saturated rings. The Morgan fingerprint density at radius 1 is 1.00 bits per heavy atom. The molecule has 5 heterocycles. The van der Waals surface area contributed by atoms with Gasteiger partial charge in [0.05, 0.1) is 5.69 Å². The van der Waals surface area contributed by atoms with Crippen LogP contribution in [0.5, 0.6) is 0 Å². The highest BCUT2D eigenvalue weighted by molar-refractivity contribution is 5.69. The first kappa shape index (κ1) is 21.9. The number of fused-ring (bicyclic) bond motifs is 1. The Morgan fingerprint density at radius 3 is 2.68 bits per heavy atom. The van der Waals surface area contributed by atoms with Crippen molar-refractivity contribution in [3.8, 4) is 11.5 Å². The molecule has 0 radical (unpaired) electrons. The molecule has 0 bridgehead atoms. The molecule has 172 valence electrons. The minimum Gasteiger partial charge on any atom is -0.384 e. The van der Waals surface area contributed by atoms with Crippen molar-refractivity contribution in [2.75, 3.05) is 16.8 Å². The number of nitrogens with zero attached hydrogens (tertiary/aromatic N) is 6. The maximum absolute atomic E-state index is 10.3. The van der Waals surface area contributed by atoms with Gasteiger partial charge in [0, 0.05) is 53.8 Å².